The minimum Gasteiger partial charge on any atom is -0.507 e. The number of rotatable bonds is 2. The van der Waals surface area contributed by atoms with E-state index in [0.717, 1.165) is 17.2 Å². The van der Waals surface area contributed by atoms with Crippen LogP contribution in [0.5, 0.6) is 5.75 Å². The van der Waals surface area contributed by atoms with Crippen LogP contribution in [0.3, 0.4) is 0 Å². The number of benzene rings is 2. The van der Waals surface area contributed by atoms with Gasteiger partial charge in [0.15, 0.2) is 0 Å². The Labute approximate surface area is 125 Å². The second-order valence-electron chi connectivity index (χ2n) is 6.21. The van der Waals surface area contributed by atoms with Crippen LogP contribution in [-0.2, 0) is 5.41 Å². The van der Waals surface area contributed by atoms with Crippen molar-refractivity contribution in [2.45, 2.75) is 33.1 Å². The lowest BCUT2D eigenvalue weighted by molar-refractivity contribution is 0.450. The first-order chi connectivity index (χ1) is 9.68. The van der Waals surface area contributed by atoms with Gasteiger partial charge in [-0.2, -0.15) is 0 Å². The molecule has 0 fully saturated rings. The fraction of sp³-hybridized carbons (Fsp3) is 0.294. The molecule has 21 heavy (non-hydrogen) atoms. The van der Waals surface area contributed by atoms with Gasteiger partial charge in [-0.25, -0.2) is 8.78 Å². The Morgan fingerprint density at radius 2 is 1.67 bits per heavy atom. The van der Waals surface area contributed by atoms with Crippen molar-refractivity contribution in [1.29, 1.82) is 0 Å². The number of phenols is 1. The summed E-state index contributed by atoms with van der Waals surface area (Å²) in [6.45, 7) is 8.01. The SMILES string of the molecule is Cc1cc(Pc2ccc(F)cc2F)c(O)c(C(C)(C)C)c1. The van der Waals surface area contributed by atoms with Crippen molar-refractivity contribution >= 4 is 19.2 Å². The standard InChI is InChI=1S/C17H19F2OP/c1-10-7-12(17(2,3)4)16(20)15(8-10)21-14-6-5-11(18)9-13(14)19/h5-9,20-21H,1-4H3. The number of phenolic OH excluding ortho intramolecular Hbond substituents is 1. The molecular weight excluding hydrogens is 289 g/mol. The van der Waals surface area contributed by atoms with Gasteiger partial charge < -0.3 is 5.11 Å². The van der Waals surface area contributed by atoms with Gasteiger partial charge in [0.25, 0.3) is 0 Å². The van der Waals surface area contributed by atoms with Crippen molar-refractivity contribution in [1.82, 2.24) is 0 Å². The molecule has 1 nitrogen and oxygen atoms in total. The lowest BCUT2D eigenvalue weighted by Crippen LogP contribution is -2.16. The Morgan fingerprint density at radius 1 is 1.00 bits per heavy atom. The molecule has 0 saturated carbocycles. The summed E-state index contributed by atoms with van der Waals surface area (Å²) in [7, 11) is -0.0490. The first kappa shape index (κ1) is 15.9. The highest BCUT2D eigenvalue weighted by Gasteiger charge is 2.21. The quantitative estimate of drug-likeness (QED) is 0.834. The maximum absolute atomic E-state index is 13.8. The van der Waals surface area contributed by atoms with Gasteiger partial charge >= 0.3 is 0 Å². The summed E-state index contributed by atoms with van der Waals surface area (Å²) >= 11 is 0. The third-order valence-electron chi connectivity index (χ3n) is 3.26. The van der Waals surface area contributed by atoms with Gasteiger partial charge in [0.2, 0.25) is 0 Å². The minimum absolute atomic E-state index is 0.0490. The Kier molecular flexibility index (Phi) is 4.34. The van der Waals surface area contributed by atoms with Crippen LogP contribution in [-0.4, -0.2) is 5.11 Å². The van der Waals surface area contributed by atoms with Gasteiger partial charge in [-0.1, -0.05) is 35.4 Å². The monoisotopic (exact) mass is 308 g/mol. The number of halogens is 2. The maximum Gasteiger partial charge on any atom is 0.133 e. The van der Waals surface area contributed by atoms with E-state index in [4.69, 9.17) is 0 Å². The zero-order valence-corrected chi connectivity index (χ0v) is 13.6. The molecule has 0 aliphatic carbocycles. The topological polar surface area (TPSA) is 20.2 Å². The summed E-state index contributed by atoms with van der Waals surface area (Å²) < 4.78 is 26.8. The maximum atomic E-state index is 13.8. The summed E-state index contributed by atoms with van der Waals surface area (Å²) in [6.07, 6.45) is 0. The molecule has 0 amide bonds. The van der Waals surface area contributed by atoms with Crippen LogP contribution in [0.1, 0.15) is 31.9 Å². The highest BCUT2D eigenvalue weighted by molar-refractivity contribution is 7.55. The molecule has 2 aromatic carbocycles. The van der Waals surface area contributed by atoms with E-state index < -0.39 is 11.6 Å². The molecule has 0 aliphatic rings. The predicted octanol–water partition coefficient (Wildman–Crippen LogP) is 3.91. The highest BCUT2D eigenvalue weighted by Crippen LogP contribution is 2.33. The average Bonchev–Trinajstić information content (AvgIpc) is 2.35. The van der Waals surface area contributed by atoms with Gasteiger partial charge in [0.05, 0.1) is 0 Å². The van der Waals surface area contributed by atoms with E-state index in [0.29, 0.717) is 10.6 Å². The molecule has 0 aromatic heterocycles. The first-order valence-electron chi connectivity index (χ1n) is 6.74. The van der Waals surface area contributed by atoms with Crippen molar-refractivity contribution < 1.29 is 13.9 Å². The van der Waals surface area contributed by atoms with Crippen LogP contribution in [0, 0.1) is 18.6 Å². The minimum atomic E-state index is -0.593. The van der Waals surface area contributed by atoms with Crippen molar-refractivity contribution in [3.05, 3.63) is 53.1 Å². The predicted molar refractivity (Wildman–Crippen MR) is 85.5 cm³/mol. The zero-order valence-electron chi connectivity index (χ0n) is 12.6. The summed E-state index contributed by atoms with van der Waals surface area (Å²) in [6, 6.07) is 7.35. The summed E-state index contributed by atoms with van der Waals surface area (Å²) in [5.41, 5.74) is 1.66. The van der Waals surface area contributed by atoms with Gasteiger partial charge in [-0.15, -0.1) is 0 Å². The lowest BCUT2D eigenvalue weighted by atomic mass is 9.85. The molecule has 1 atom stereocenters. The van der Waals surface area contributed by atoms with Crippen molar-refractivity contribution in [3.63, 3.8) is 0 Å². The first-order valence-corrected chi connectivity index (χ1v) is 7.74. The van der Waals surface area contributed by atoms with E-state index in [2.05, 4.69) is 0 Å². The molecule has 2 aromatic rings. The summed E-state index contributed by atoms with van der Waals surface area (Å²) in [4.78, 5) is 0. The van der Waals surface area contributed by atoms with E-state index in [1.807, 2.05) is 39.8 Å². The molecule has 0 radical (unpaired) electrons. The third kappa shape index (κ3) is 3.59. The number of hydrogen-bond acceptors (Lipinski definition) is 1. The highest BCUT2D eigenvalue weighted by atomic mass is 31.1. The number of hydrogen-bond donors (Lipinski definition) is 1. The van der Waals surface area contributed by atoms with Crippen molar-refractivity contribution in [2.75, 3.05) is 0 Å². The van der Waals surface area contributed by atoms with Crippen LogP contribution in [0.2, 0.25) is 0 Å². The average molecular weight is 308 g/mol. The smallest absolute Gasteiger partial charge is 0.133 e. The molecule has 4 heteroatoms. The van der Waals surface area contributed by atoms with Crippen LogP contribution < -0.4 is 10.6 Å². The van der Waals surface area contributed by atoms with Crippen LogP contribution >= 0.6 is 8.58 Å². The van der Waals surface area contributed by atoms with E-state index >= 15 is 0 Å². The molecule has 0 spiro atoms. The third-order valence-corrected chi connectivity index (χ3v) is 4.59. The zero-order chi connectivity index (χ0) is 15.8. The second-order valence-corrected chi connectivity index (χ2v) is 7.54. The van der Waals surface area contributed by atoms with Gasteiger partial charge in [0.1, 0.15) is 17.4 Å². The Bertz CT molecular complexity index is 675. The Morgan fingerprint density at radius 3 is 2.24 bits per heavy atom. The molecule has 0 aliphatic heterocycles. The molecule has 2 rings (SSSR count). The number of aromatic hydroxyl groups is 1. The Hall–Kier alpha value is -1.47. The van der Waals surface area contributed by atoms with E-state index in [-0.39, 0.29) is 19.7 Å². The fourth-order valence-corrected chi connectivity index (χ4v) is 3.38. The lowest BCUT2D eigenvalue weighted by Gasteiger charge is -2.23. The van der Waals surface area contributed by atoms with Crippen LogP contribution in [0.25, 0.3) is 0 Å². The second kappa shape index (κ2) is 5.73. The molecule has 1 N–H and O–H groups in total. The molecule has 1 unspecified atom stereocenters. The van der Waals surface area contributed by atoms with Crippen LogP contribution in [0.15, 0.2) is 30.3 Å². The van der Waals surface area contributed by atoms with Crippen molar-refractivity contribution in [2.24, 2.45) is 0 Å². The van der Waals surface area contributed by atoms with E-state index in [9.17, 15) is 13.9 Å². The Balaban J connectivity index is 2.47. The molecule has 112 valence electrons. The summed E-state index contributed by atoms with van der Waals surface area (Å²) in [5.74, 6) is -0.966. The molecule has 0 heterocycles. The molecule has 0 bridgehead atoms. The molecule has 0 saturated heterocycles. The van der Waals surface area contributed by atoms with E-state index in [1.54, 1.807) is 0 Å². The van der Waals surface area contributed by atoms with Gasteiger partial charge in [-0.3, -0.25) is 0 Å². The van der Waals surface area contributed by atoms with Crippen molar-refractivity contribution in [3.8, 4) is 5.75 Å². The normalized spacial score (nSPS) is 12.3. The van der Waals surface area contributed by atoms with E-state index in [1.165, 1.54) is 12.1 Å². The largest absolute Gasteiger partial charge is 0.507 e. The number of aryl methyl sites for hydroxylation is 1. The van der Waals surface area contributed by atoms with Gasteiger partial charge in [-0.05, 0) is 36.1 Å². The van der Waals surface area contributed by atoms with Gasteiger partial charge in [0, 0.05) is 22.2 Å². The fourth-order valence-electron chi connectivity index (χ4n) is 2.18. The summed E-state index contributed by atoms with van der Waals surface area (Å²) in [5, 5.41) is 11.6. The molecular formula is C17H19F2OP. The van der Waals surface area contributed by atoms with Crippen LogP contribution in [0.4, 0.5) is 8.78 Å².